The Hall–Kier alpha value is -2.03. The molecule has 0 aliphatic rings. The summed E-state index contributed by atoms with van der Waals surface area (Å²) in [4.78, 5) is 16.3. The van der Waals surface area contributed by atoms with Crippen LogP contribution in [0.5, 0.6) is 0 Å². The van der Waals surface area contributed by atoms with Gasteiger partial charge < -0.3 is 0 Å². The van der Waals surface area contributed by atoms with E-state index in [1.807, 2.05) is 13.8 Å². The summed E-state index contributed by atoms with van der Waals surface area (Å²) < 4.78 is 13.0. The maximum Gasteiger partial charge on any atom is 0.167 e. The number of benzene rings is 1. The van der Waals surface area contributed by atoms with Gasteiger partial charge in [-0.2, -0.15) is 0 Å². The molecule has 1 aromatic carbocycles. The Morgan fingerprint density at radius 1 is 1.26 bits per heavy atom. The van der Waals surface area contributed by atoms with Gasteiger partial charge in [-0.3, -0.25) is 9.78 Å². The maximum atomic E-state index is 13.0. The van der Waals surface area contributed by atoms with Crippen molar-refractivity contribution in [1.29, 1.82) is 0 Å². The van der Waals surface area contributed by atoms with E-state index in [-0.39, 0.29) is 11.6 Å². The molecule has 0 atom stereocenters. The molecular weight excluding hydrogens is 241 g/mol. The summed E-state index contributed by atoms with van der Waals surface area (Å²) in [5, 5.41) is 0. The Kier molecular flexibility index (Phi) is 4.05. The fourth-order valence-electron chi connectivity index (χ4n) is 2.11. The third kappa shape index (κ3) is 3.05. The molecule has 98 valence electrons. The maximum absolute atomic E-state index is 13.0. The molecule has 0 amide bonds. The number of rotatable bonds is 4. The number of carbonyl (C=O) groups excluding carboxylic acids is 1. The molecule has 2 aromatic rings. The standard InChI is InChI=1S/C16H16FNO/c1-3-12-10-18-7-6-15(12)16(19)9-13-4-5-14(17)8-11(13)2/h4-8,10H,3,9H2,1-2H3. The number of carbonyl (C=O) groups is 1. The van der Waals surface area contributed by atoms with Gasteiger partial charge in [0.25, 0.3) is 0 Å². The van der Waals surface area contributed by atoms with Crippen molar-refractivity contribution < 1.29 is 9.18 Å². The van der Waals surface area contributed by atoms with Gasteiger partial charge >= 0.3 is 0 Å². The predicted octanol–water partition coefficient (Wildman–Crippen LogP) is 3.52. The number of ketones is 1. The van der Waals surface area contributed by atoms with Crippen molar-refractivity contribution in [1.82, 2.24) is 4.98 Å². The van der Waals surface area contributed by atoms with Gasteiger partial charge in [-0.05, 0) is 48.2 Å². The minimum atomic E-state index is -0.271. The molecule has 2 rings (SSSR count). The lowest BCUT2D eigenvalue weighted by Gasteiger charge is -2.08. The van der Waals surface area contributed by atoms with Crippen LogP contribution >= 0.6 is 0 Å². The number of hydrogen-bond acceptors (Lipinski definition) is 2. The zero-order valence-corrected chi connectivity index (χ0v) is 11.1. The molecule has 3 heteroatoms. The van der Waals surface area contributed by atoms with Gasteiger partial charge in [0.2, 0.25) is 0 Å². The zero-order valence-electron chi connectivity index (χ0n) is 11.1. The number of halogens is 1. The molecular formula is C16H16FNO. The first-order valence-corrected chi connectivity index (χ1v) is 6.33. The average Bonchev–Trinajstić information content (AvgIpc) is 2.41. The molecule has 0 spiro atoms. The number of Topliss-reactive ketones (excluding diaryl/α,β-unsaturated/α-hetero) is 1. The molecule has 0 radical (unpaired) electrons. The highest BCUT2D eigenvalue weighted by Gasteiger charge is 2.12. The van der Waals surface area contributed by atoms with Gasteiger partial charge in [-0.1, -0.05) is 13.0 Å². The van der Waals surface area contributed by atoms with Crippen LogP contribution in [0, 0.1) is 12.7 Å². The monoisotopic (exact) mass is 257 g/mol. The van der Waals surface area contributed by atoms with E-state index in [9.17, 15) is 9.18 Å². The fraction of sp³-hybridized carbons (Fsp3) is 0.250. The van der Waals surface area contributed by atoms with Crippen molar-refractivity contribution in [3.8, 4) is 0 Å². The van der Waals surface area contributed by atoms with E-state index in [4.69, 9.17) is 0 Å². The van der Waals surface area contributed by atoms with Gasteiger partial charge in [0, 0.05) is 24.4 Å². The smallest absolute Gasteiger partial charge is 0.167 e. The molecule has 0 aliphatic carbocycles. The van der Waals surface area contributed by atoms with Gasteiger partial charge in [-0.25, -0.2) is 4.39 Å². The van der Waals surface area contributed by atoms with Crippen LogP contribution in [-0.2, 0) is 12.8 Å². The summed E-state index contributed by atoms with van der Waals surface area (Å²) in [6.07, 6.45) is 4.43. The molecule has 19 heavy (non-hydrogen) atoms. The van der Waals surface area contributed by atoms with E-state index in [1.165, 1.54) is 12.1 Å². The van der Waals surface area contributed by atoms with Crippen LogP contribution < -0.4 is 0 Å². The predicted molar refractivity (Wildman–Crippen MR) is 72.8 cm³/mol. The third-order valence-electron chi connectivity index (χ3n) is 3.24. The average molecular weight is 257 g/mol. The van der Waals surface area contributed by atoms with Crippen molar-refractivity contribution in [2.24, 2.45) is 0 Å². The highest BCUT2D eigenvalue weighted by atomic mass is 19.1. The molecule has 0 unspecified atom stereocenters. The van der Waals surface area contributed by atoms with Gasteiger partial charge in [0.05, 0.1) is 0 Å². The van der Waals surface area contributed by atoms with Crippen LogP contribution in [0.3, 0.4) is 0 Å². The van der Waals surface area contributed by atoms with Gasteiger partial charge in [0.15, 0.2) is 5.78 Å². The Morgan fingerprint density at radius 3 is 2.74 bits per heavy atom. The molecule has 0 fully saturated rings. The lowest BCUT2D eigenvalue weighted by Crippen LogP contribution is -2.08. The SMILES string of the molecule is CCc1cnccc1C(=O)Cc1ccc(F)cc1C. The van der Waals surface area contributed by atoms with Crippen molar-refractivity contribution in [2.75, 3.05) is 0 Å². The molecule has 0 bridgehead atoms. The first-order chi connectivity index (χ1) is 9.11. The molecule has 0 aliphatic heterocycles. The van der Waals surface area contributed by atoms with Gasteiger partial charge in [-0.15, -0.1) is 0 Å². The van der Waals surface area contributed by atoms with E-state index in [2.05, 4.69) is 4.98 Å². The summed E-state index contributed by atoms with van der Waals surface area (Å²) in [6, 6.07) is 6.27. The van der Waals surface area contributed by atoms with E-state index in [0.717, 1.165) is 23.1 Å². The van der Waals surface area contributed by atoms with Crippen LogP contribution in [0.25, 0.3) is 0 Å². The van der Waals surface area contributed by atoms with E-state index in [1.54, 1.807) is 24.5 Å². The second-order valence-electron chi connectivity index (χ2n) is 4.56. The Balaban J connectivity index is 2.26. The molecule has 1 heterocycles. The summed E-state index contributed by atoms with van der Waals surface area (Å²) in [5.41, 5.74) is 3.33. The van der Waals surface area contributed by atoms with Crippen molar-refractivity contribution in [3.05, 3.63) is 64.7 Å². The van der Waals surface area contributed by atoms with Crippen molar-refractivity contribution in [3.63, 3.8) is 0 Å². The number of pyridine rings is 1. The molecule has 0 saturated heterocycles. The number of nitrogens with zero attached hydrogens (tertiary/aromatic N) is 1. The first kappa shape index (κ1) is 13.4. The molecule has 2 nitrogen and oxygen atoms in total. The number of aromatic nitrogens is 1. The third-order valence-corrected chi connectivity index (χ3v) is 3.24. The lowest BCUT2D eigenvalue weighted by atomic mass is 9.97. The molecule has 0 N–H and O–H groups in total. The summed E-state index contributed by atoms with van der Waals surface area (Å²) in [7, 11) is 0. The van der Waals surface area contributed by atoms with Crippen molar-refractivity contribution >= 4 is 5.78 Å². The van der Waals surface area contributed by atoms with Crippen LogP contribution in [0.4, 0.5) is 4.39 Å². The van der Waals surface area contributed by atoms with Crippen molar-refractivity contribution in [2.45, 2.75) is 26.7 Å². The summed E-state index contributed by atoms with van der Waals surface area (Å²) >= 11 is 0. The summed E-state index contributed by atoms with van der Waals surface area (Å²) in [5.74, 6) is -0.221. The van der Waals surface area contributed by atoms with Crippen LogP contribution in [-0.4, -0.2) is 10.8 Å². The van der Waals surface area contributed by atoms with E-state index < -0.39 is 0 Å². The summed E-state index contributed by atoms with van der Waals surface area (Å²) in [6.45, 7) is 3.82. The highest BCUT2D eigenvalue weighted by Crippen LogP contribution is 2.15. The zero-order chi connectivity index (χ0) is 13.8. The van der Waals surface area contributed by atoms with Crippen LogP contribution in [0.1, 0.15) is 34.0 Å². The Bertz CT molecular complexity index is 607. The lowest BCUT2D eigenvalue weighted by molar-refractivity contribution is 0.0991. The Labute approximate surface area is 112 Å². The Morgan fingerprint density at radius 2 is 2.05 bits per heavy atom. The molecule has 1 aromatic heterocycles. The number of aryl methyl sites for hydroxylation is 2. The number of hydrogen-bond donors (Lipinski definition) is 0. The minimum Gasteiger partial charge on any atom is -0.294 e. The highest BCUT2D eigenvalue weighted by molar-refractivity contribution is 5.98. The topological polar surface area (TPSA) is 30.0 Å². The van der Waals surface area contributed by atoms with E-state index >= 15 is 0 Å². The molecule has 0 saturated carbocycles. The van der Waals surface area contributed by atoms with Gasteiger partial charge in [0.1, 0.15) is 5.82 Å². The van der Waals surface area contributed by atoms with Crippen LogP contribution in [0.15, 0.2) is 36.7 Å². The largest absolute Gasteiger partial charge is 0.294 e. The second-order valence-corrected chi connectivity index (χ2v) is 4.56. The normalized spacial score (nSPS) is 10.5. The second kappa shape index (κ2) is 5.74. The first-order valence-electron chi connectivity index (χ1n) is 6.33. The fourth-order valence-corrected chi connectivity index (χ4v) is 2.11. The quantitative estimate of drug-likeness (QED) is 0.784. The van der Waals surface area contributed by atoms with E-state index in [0.29, 0.717) is 12.0 Å². The minimum absolute atomic E-state index is 0.0500. The van der Waals surface area contributed by atoms with Crippen LogP contribution in [0.2, 0.25) is 0 Å².